The SMILES string of the molecule is C=C/C(C(=O)O)=C(\C=C/CC)C(=O)O. The Morgan fingerprint density at radius 3 is 2.00 bits per heavy atom. The third-order valence-corrected chi connectivity index (χ3v) is 1.48. The van der Waals surface area contributed by atoms with Gasteiger partial charge in [0, 0.05) is 0 Å². The summed E-state index contributed by atoms with van der Waals surface area (Å²) in [4.78, 5) is 21.3. The molecule has 0 aliphatic heterocycles. The van der Waals surface area contributed by atoms with Crippen LogP contribution >= 0.6 is 0 Å². The number of hydrogen-bond donors (Lipinski definition) is 2. The van der Waals surface area contributed by atoms with Crippen molar-refractivity contribution in [1.82, 2.24) is 0 Å². The Kier molecular flexibility index (Phi) is 4.99. The zero-order valence-electron chi connectivity index (χ0n) is 7.86. The van der Waals surface area contributed by atoms with Crippen LogP contribution in [0.5, 0.6) is 0 Å². The number of rotatable bonds is 5. The van der Waals surface area contributed by atoms with E-state index < -0.39 is 11.9 Å². The summed E-state index contributed by atoms with van der Waals surface area (Å²) in [5.41, 5.74) is -0.559. The fraction of sp³-hybridized carbons (Fsp3) is 0.200. The van der Waals surface area contributed by atoms with Crippen molar-refractivity contribution < 1.29 is 19.8 Å². The van der Waals surface area contributed by atoms with Gasteiger partial charge in [-0.2, -0.15) is 0 Å². The predicted octanol–water partition coefficient (Wildman–Crippen LogP) is 1.60. The Morgan fingerprint density at radius 1 is 1.21 bits per heavy atom. The van der Waals surface area contributed by atoms with Crippen LogP contribution in [0.2, 0.25) is 0 Å². The fourth-order valence-electron chi connectivity index (χ4n) is 0.824. The van der Waals surface area contributed by atoms with Crippen LogP contribution < -0.4 is 0 Å². The maximum atomic E-state index is 10.7. The second-order valence-electron chi connectivity index (χ2n) is 2.45. The van der Waals surface area contributed by atoms with Gasteiger partial charge < -0.3 is 10.2 Å². The molecule has 0 fully saturated rings. The molecular weight excluding hydrogens is 184 g/mol. The van der Waals surface area contributed by atoms with Crippen molar-refractivity contribution in [3.63, 3.8) is 0 Å². The van der Waals surface area contributed by atoms with Gasteiger partial charge in [0.1, 0.15) is 0 Å². The highest BCUT2D eigenvalue weighted by molar-refractivity contribution is 6.02. The highest BCUT2D eigenvalue weighted by atomic mass is 16.4. The maximum Gasteiger partial charge on any atom is 0.336 e. The molecule has 0 rings (SSSR count). The second kappa shape index (κ2) is 5.75. The summed E-state index contributed by atoms with van der Waals surface area (Å²) < 4.78 is 0. The average Bonchev–Trinajstić information content (AvgIpc) is 2.10. The van der Waals surface area contributed by atoms with Gasteiger partial charge in [0.15, 0.2) is 0 Å². The maximum absolute atomic E-state index is 10.7. The minimum Gasteiger partial charge on any atom is -0.478 e. The Balaban J connectivity index is 5.31. The van der Waals surface area contributed by atoms with Gasteiger partial charge in [-0.15, -0.1) is 0 Å². The van der Waals surface area contributed by atoms with Gasteiger partial charge in [0.2, 0.25) is 0 Å². The van der Waals surface area contributed by atoms with E-state index in [1.165, 1.54) is 6.08 Å². The minimum absolute atomic E-state index is 0.255. The van der Waals surface area contributed by atoms with Gasteiger partial charge in [0.05, 0.1) is 11.1 Å². The highest BCUT2D eigenvalue weighted by Gasteiger charge is 2.14. The molecule has 0 heterocycles. The van der Waals surface area contributed by atoms with E-state index in [4.69, 9.17) is 10.2 Å². The summed E-state index contributed by atoms with van der Waals surface area (Å²) in [5, 5.41) is 17.4. The van der Waals surface area contributed by atoms with E-state index in [0.29, 0.717) is 6.42 Å². The van der Waals surface area contributed by atoms with Crippen LogP contribution in [0.4, 0.5) is 0 Å². The van der Waals surface area contributed by atoms with E-state index in [1.807, 2.05) is 6.92 Å². The standard InChI is InChI=1S/C10H12O4/c1-3-5-6-8(10(13)14)7(4-2)9(11)12/h4-6H,2-3H2,1H3,(H,11,12)(H,13,14)/b6-5-,8-7-. The van der Waals surface area contributed by atoms with E-state index in [0.717, 1.165) is 6.08 Å². The quantitative estimate of drug-likeness (QED) is 0.517. The van der Waals surface area contributed by atoms with Crippen LogP contribution in [0.15, 0.2) is 36.0 Å². The molecule has 0 spiro atoms. The first-order valence-electron chi connectivity index (χ1n) is 4.04. The van der Waals surface area contributed by atoms with Crippen LogP contribution in [0.1, 0.15) is 13.3 Å². The molecular formula is C10H12O4. The highest BCUT2D eigenvalue weighted by Crippen LogP contribution is 2.09. The van der Waals surface area contributed by atoms with Crippen LogP contribution in [0, 0.1) is 0 Å². The first kappa shape index (κ1) is 12.2. The second-order valence-corrected chi connectivity index (χ2v) is 2.45. The molecule has 4 nitrogen and oxygen atoms in total. The molecule has 0 aromatic carbocycles. The minimum atomic E-state index is -1.29. The molecule has 0 saturated carbocycles. The first-order chi connectivity index (χ1) is 6.54. The van der Waals surface area contributed by atoms with Crippen molar-refractivity contribution in [3.05, 3.63) is 36.0 Å². The summed E-state index contributed by atoms with van der Waals surface area (Å²) >= 11 is 0. The van der Waals surface area contributed by atoms with Crippen LogP contribution in [0.3, 0.4) is 0 Å². The predicted molar refractivity (Wildman–Crippen MR) is 51.9 cm³/mol. The molecule has 0 amide bonds. The lowest BCUT2D eigenvalue weighted by molar-refractivity contribution is -0.135. The fourth-order valence-corrected chi connectivity index (χ4v) is 0.824. The molecule has 2 N–H and O–H groups in total. The van der Waals surface area contributed by atoms with E-state index in [9.17, 15) is 9.59 Å². The molecule has 4 heteroatoms. The van der Waals surface area contributed by atoms with Crippen molar-refractivity contribution in [1.29, 1.82) is 0 Å². The lowest BCUT2D eigenvalue weighted by atomic mass is 10.1. The molecule has 0 aromatic rings. The Hall–Kier alpha value is -1.84. The summed E-state index contributed by atoms with van der Waals surface area (Å²) in [7, 11) is 0. The smallest absolute Gasteiger partial charge is 0.336 e. The summed E-state index contributed by atoms with van der Waals surface area (Å²) in [5.74, 6) is -2.56. The summed E-state index contributed by atoms with van der Waals surface area (Å²) in [6, 6.07) is 0. The zero-order valence-corrected chi connectivity index (χ0v) is 7.86. The third-order valence-electron chi connectivity index (χ3n) is 1.48. The summed E-state index contributed by atoms with van der Waals surface area (Å²) in [6.45, 7) is 5.08. The van der Waals surface area contributed by atoms with E-state index in [-0.39, 0.29) is 11.1 Å². The number of carbonyl (C=O) groups is 2. The molecule has 0 bridgehead atoms. The number of allylic oxidation sites excluding steroid dienone is 1. The van der Waals surface area contributed by atoms with Gasteiger partial charge >= 0.3 is 11.9 Å². The largest absolute Gasteiger partial charge is 0.478 e. The summed E-state index contributed by atoms with van der Waals surface area (Å²) in [6.07, 6.45) is 4.51. The number of carboxylic acids is 2. The molecule has 14 heavy (non-hydrogen) atoms. The third kappa shape index (κ3) is 3.26. The zero-order chi connectivity index (χ0) is 11.1. The lowest BCUT2D eigenvalue weighted by Gasteiger charge is -1.99. The van der Waals surface area contributed by atoms with Crippen molar-refractivity contribution >= 4 is 11.9 Å². The Morgan fingerprint density at radius 2 is 1.71 bits per heavy atom. The van der Waals surface area contributed by atoms with Gasteiger partial charge in [-0.25, -0.2) is 9.59 Å². The Labute approximate surface area is 81.9 Å². The first-order valence-corrected chi connectivity index (χ1v) is 4.04. The molecule has 0 aliphatic rings. The van der Waals surface area contributed by atoms with Gasteiger partial charge in [-0.05, 0) is 6.42 Å². The van der Waals surface area contributed by atoms with Crippen molar-refractivity contribution in [2.45, 2.75) is 13.3 Å². The van der Waals surface area contributed by atoms with Gasteiger partial charge in [-0.3, -0.25) is 0 Å². The van der Waals surface area contributed by atoms with E-state index >= 15 is 0 Å². The molecule has 0 atom stereocenters. The average molecular weight is 196 g/mol. The van der Waals surface area contributed by atoms with Crippen molar-refractivity contribution in [3.8, 4) is 0 Å². The van der Waals surface area contributed by atoms with Gasteiger partial charge in [-0.1, -0.05) is 31.7 Å². The van der Waals surface area contributed by atoms with Crippen molar-refractivity contribution in [2.24, 2.45) is 0 Å². The lowest BCUT2D eigenvalue weighted by Crippen LogP contribution is -2.08. The molecule has 0 aliphatic carbocycles. The van der Waals surface area contributed by atoms with Crippen LogP contribution in [-0.2, 0) is 9.59 Å². The van der Waals surface area contributed by atoms with Gasteiger partial charge in [0.25, 0.3) is 0 Å². The molecule has 0 unspecified atom stereocenters. The number of hydrogen-bond acceptors (Lipinski definition) is 2. The van der Waals surface area contributed by atoms with E-state index in [2.05, 4.69) is 6.58 Å². The van der Waals surface area contributed by atoms with Crippen molar-refractivity contribution in [2.75, 3.05) is 0 Å². The van der Waals surface area contributed by atoms with Crippen LogP contribution in [-0.4, -0.2) is 22.2 Å². The number of carboxylic acid groups (broad SMARTS) is 2. The number of aliphatic carboxylic acids is 2. The Bertz CT molecular complexity index is 310. The van der Waals surface area contributed by atoms with E-state index in [1.54, 1.807) is 6.08 Å². The molecule has 0 radical (unpaired) electrons. The normalized spacial score (nSPS) is 12.4. The molecule has 76 valence electrons. The monoisotopic (exact) mass is 196 g/mol. The topological polar surface area (TPSA) is 74.6 Å². The molecule has 0 saturated heterocycles. The molecule has 0 aromatic heterocycles. The van der Waals surface area contributed by atoms with Crippen LogP contribution in [0.25, 0.3) is 0 Å².